The van der Waals surface area contributed by atoms with Crippen molar-refractivity contribution in [3.63, 3.8) is 0 Å². The molecule has 1 aromatic heterocycles. The third-order valence-corrected chi connectivity index (χ3v) is 7.59. The molecule has 2 radical (unpaired) electrons. The Bertz CT molecular complexity index is 1640. The monoisotopic (exact) mass is 549 g/mol. The summed E-state index contributed by atoms with van der Waals surface area (Å²) in [6.07, 6.45) is 5.64. The minimum Gasteiger partial charge on any atom is -0.378 e. The number of aromatic nitrogens is 1. The van der Waals surface area contributed by atoms with Crippen LogP contribution in [0.15, 0.2) is 84.8 Å². The molecule has 7 nitrogen and oxygen atoms in total. The van der Waals surface area contributed by atoms with Crippen molar-refractivity contribution in [3.8, 4) is 6.07 Å². The molecule has 2 atom stereocenters. The number of pyridine rings is 1. The molecule has 1 aliphatic carbocycles. The molecule has 2 aliphatic rings. The van der Waals surface area contributed by atoms with Crippen LogP contribution in [0.1, 0.15) is 42.5 Å². The van der Waals surface area contributed by atoms with Crippen LogP contribution in [-0.4, -0.2) is 23.9 Å². The summed E-state index contributed by atoms with van der Waals surface area (Å²) in [4.78, 5) is 4.48. The summed E-state index contributed by atoms with van der Waals surface area (Å²) in [5, 5.41) is 19.9. The van der Waals surface area contributed by atoms with Crippen LogP contribution in [0.2, 0.25) is 5.02 Å². The van der Waals surface area contributed by atoms with Crippen molar-refractivity contribution in [2.45, 2.75) is 37.3 Å². The quantitative estimate of drug-likeness (QED) is 0.206. The van der Waals surface area contributed by atoms with Gasteiger partial charge in [0.15, 0.2) is 0 Å². The Morgan fingerprint density at radius 1 is 1.18 bits per heavy atom. The summed E-state index contributed by atoms with van der Waals surface area (Å²) in [5.41, 5.74) is 9.61. The van der Waals surface area contributed by atoms with E-state index in [1.165, 1.54) is 18.3 Å². The molecule has 6 rings (SSSR count). The average molecular weight is 550 g/mol. The van der Waals surface area contributed by atoms with E-state index >= 15 is 0 Å². The average Bonchev–Trinajstić information content (AvgIpc) is 3.69. The molecule has 0 spiro atoms. The second-order valence-electron chi connectivity index (χ2n) is 10.1. The lowest BCUT2D eigenvalue weighted by molar-refractivity contribution is 0.260. The summed E-state index contributed by atoms with van der Waals surface area (Å²) >= 11 is 6.76. The van der Waals surface area contributed by atoms with Crippen molar-refractivity contribution in [2.24, 2.45) is 0 Å². The van der Waals surface area contributed by atoms with Crippen LogP contribution < -0.4 is 21.6 Å². The normalized spacial score (nSPS) is 16.9. The van der Waals surface area contributed by atoms with Crippen molar-refractivity contribution in [3.05, 3.63) is 112 Å². The van der Waals surface area contributed by atoms with E-state index in [0.29, 0.717) is 50.2 Å². The minimum atomic E-state index is -1.27. The fourth-order valence-corrected chi connectivity index (χ4v) is 5.20. The highest BCUT2D eigenvalue weighted by molar-refractivity contribution is 6.36. The van der Waals surface area contributed by atoms with Crippen LogP contribution in [0, 0.1) is 17.1 Å². The number of hydrogen-bond donors (Lipinski definition) is 4. The van der Waals surface area contributed by atoms with Gasteiger partial charge in [0.2, 0.25) is 0 Å². The Morgan fingerprint density at radius 2 is 1.93 bits per heavy atom. The second kappa shape index (κ2) is 10.4. The molecule has 40 heavy (non-hydrogen) atoms. The predicted molar refractivity (Wildman–Crippen MR) is 157 cm³/mol. The van der Waals surface area contributed by atoms with Crippen molar-refractivity contribution in [1.82, 2.24) is 21.0 Å². The molecular formula is C30H26BClFN7. The molecule has 1 aliphatic heterocycles. The molecule has 198 valence electrons. The minimum absolute atomic E-state index is 0.0885. The number of nitrogens with one attached hydrogen (secondary N) is 4. The Morgan fingerprint density at radius 3 is 2.62 bits per heavy atom. The van der Waals surface area contributed by atoms with Crippen molar-refractivity contribution in [2.75, 3.05) is 10.6 Å². The number of rotatable bonds is 8. The first-order chi connectivity index (χ1) is 19.4. The van der Waals surface area contributed by atoms with Crippen LogP contribution in [0.5, 0.6) is 0 Å². The number of hydrazine groups is 2. The van der Waals surface area contributed by atoms with Gasteiger partial charge in [-0.3, -0.25) is 9.99 Å². The van der Waals surface area contributed by atoms with E-state index in [0.717, 1.165) is 18.4 Å². The molecule has 0 amide bonds. The molecule has 10 heteroatoms. The summed E-state index contributed by atoms with van der Waals surface area (Å²) in [6, 6.07) is 22.2. The number of halogens is 2. The van der Waals surface area contributed by atoms with E-state index < -0.39 is 5.44 Å². The molecule has 2 heterocycles. The summed E-state index contributed by atoms with van der Waals surface area (Å²) in [6.45, 7) is 2.03. The van der Waals surface area contributed by atoms with Gasteiger partial charge < -0.3 is 16.1 Å². The molecule has 1 fully saturated rings. The zero-order valence-electron chi connectivity index (χ0n) is 21.7. The fraction of sp³-hybridized carbons (Fsp3) is 0.200. The van der Waals surface area contributed by atoms with Gasteiger partial charge in [-0.25, -0.2) is 4.39 Å². The Labute approximate surface area is 238 Å². The lowest BCUT2D eigenvalue weighted by Crippen LogP contribution is -2.45. The standard InChI is InChI=1S/C30H26BClFN7/c1-18(19-5-3-2-4-6-19)36-28-20(15-34)16-35-29-25(28)13-23(14-26(29)32)37-30(31,21-7-9-22(33)10-8-21)27-17-40(39-38-27)24-11-12-24/h2-10,13-14,16-18,24,37-39H,11-12H2,1H3,(H,35,36)/t18-,30?/m1/s1. The maximum atomic E-state index is 13.9. The first kappa shape index (κ1) is 26.0. The van der Waals surface area contributed by atoms with Crippen molar-refractivity contribution < 1.29 is 4.39 Å². The van der Waals surface area contributed by atoms with Crippen LogP contribution in [-0.2, 0) is 5.44 Å². The molecule has 1 unspecified atom stereocenters. The third kappa shape index (κ3) is 4.92. The van der Waals surface area contributed by atoms with Gasteiger partial charge in [0, 0.05) is 35.6 Å². The van der Waals surface area contributed by atoms with Gasteiger partial charge in [0.25, 0.3) is 0 Å². The molecule has 1 saturated carbocycles. The van der Waals surface area contributed by atoms with Gasteiger partial charge in [-0.1, -0.05) is 54.1 Å². The SMILES string of the molecule is [B]C(Nc1cc(Cl)c2ncc(C#N)c(N[C@H](C)c3ccccc3)c2c1)(C1=CN(C2CC2)NN1)c1ccc(F)cc1. The smallest absolute Gasteiger partial charge is 0.123 e. The van der Waals surface area contributed by atoms with Crippen LogP contribution in [0.3, 0.4) is 0 Å². The van der Waals surface area contributed by atoms with E-state index in [2.05, 4.69) is 32.6 Å². The fourth-order valence-electron chi connectivity index (χ4n) is 4.93. The number of nitriles is 1. The molecule has 0 bridgehead atoms. The van der Waals surface area contributed by atoms with Gasteiger partial charge in [-0.15, -0.1) is 5.53 Å². The van der Waals surface area contributed by atoms with E-state index in [1.807, 2.05) is 54.5 Å². The van der Waals surface area contributed by atoms with Crippen LogP contribution >= 0.6 is 11.6 Å². The molecule has 4 N–H and O–H groups in total. The maximum absolute atomic E-state index is 13.9. The second-order valence-corrected chi connectivity index (χ2v) is 10.6. The van der Waals surface area contributed by atoms with Crippen LogP contribution in [0.25, 0.3) is 10.9 Å². The zero-order chi connectivity index (χ0) is 27.9. The van der Waals surface area contributed by atoms with Gasteiger partial charge in [0.05, 0.1) is 32.9 Å². The van der Waals surface area contributed by atoms with E-state index in [-0.39, 0.29) is 11.9 Å². The number of hydrogen-bond acceptors (Lipinski definition) is 7. The first-order valence-electron chi connectivity index (χ1n) is 13.0. The number of fused-ring (bicyclic) bond motifs is 1. The van der Waals surface area contributed by atoms with Gasteiger partial charge >= 0.3 is 0 Å². The molecule has 3 aromatic carbocycles. The number of benzene rings is 3. The largest absolute Gasteiger partial charge is 0.378 e. The third-order valence-electron chi connectivity index (χ3n) is 7.30. The highest BCUT2D eigenvalue weighted by Crippen LogP contribution is 2.39. The van der Waals surface area contributed by atoms with Gasteiger partial charge in [0.1, 0.15) is 19.7 Å². The Hall–Kier alpha value is -4.26. The summed E-state index contributed by atoms with van der Waals surface area (Å²) < 4.78 is 13.9. The van der Waals surface area contributed by atoms with E-state index in [9.17, 15) is 9.65 Å². The lowest BCUT2D eigenvalue weighted by Gasteiger charge is -2.34. The zero-order valence-corrected chi connectivity index (χ0v) is 22.5. The summed E-state index contributed by atoms with van der Waals surface area (Å²) in [5.74, 6) is -0.357. The van der Waals surface area contributed by atoms with Gasteiger partial charge in [-0.05, 0) is 55.2 Å². The van der Waals surface area contributed by atoms with Crippen LogP contribution in [0.4, 0.5) is 15.8 Å². The highest BCUT2D eigenvalue weighted by atomic mass is 35.5. The lowest BCUT2D eigenvalue weighted by atomic mass is 9.69. The highest BCUT2D eigenvalue weighted by Gasteiger charge is 2.37. The van der Waals surface area contributed by atoms with E-state index in [4.69, 9.17) is 19.4 Å². The van der Waals surface area contributed by atoms with Crippen molar-refractivity contribution >= 4 is 41.7 Å². The van der Waals surface area contributed by atoms with Gasteiger partial charge in [-0.2, -0.15) is 5.26 Å². The molecular weight excluding hydrogens is 524 g/mol. The Kier molecular flexibility index (Phi) is 6.74. The predicted octanol–water partition coefficient (Wildman–Crippen LogP) is 5.83. The number of anilines is 2. The van der Waals surface area contributed by atoms with E-state index in [1.54, 1.807) is 18.2 Å². The first-order valence-corrected chi connectivity index (χ1v) is 13.4. The molecule has 0 saturated heterocycles. The summed E-state index contributed by atoms with van der Waals surface area (Å²) in [7, 11) is 7.08. The number of nitrogens with zero attached hydrogens (tertiary/aromatic N) is 3. The Balaban J connectivity index is 1.43. The molecule has 4 aromatic rings. The van der Waals surface area contributed by atoms with Crippen molar-refractivity contribution in [1.29, 1.82) is 5.26 Å². The maximum Gasteiger partial charge on any atom is 0.123 e. The topological polar surface area (TPSA) is 88.0 Å².